The van der Waals surface area contributed by atoms with Crippen molar-refractivity contribution in [3.8, 4) is 11.6 Å². The third-order valence-electron chi connectivity index (χ3n) is 4.56. The van der Waals surface area contributed by atoms with Gasteiger partial charge in [-0.15, -0.1) is 0 Å². The van der Waals surface area contributed by atoms with E-state index in [4.69, 9.17) is 9.84 Å². The number of halogens is 3. The van der Waals surface area contributed by atoms with Gasteiger partial charge in [-0.25, -0.2) is 8.78 Å². The molecule has 0 fully saturated rings. The molecule has 3 rings (SSSR count). The molecule has 1 heterocycles. The number of aliphatic hydroxyl groups is 2. The molecule has 0 amide bonds. The quantitative estimate of drug-likeness (QED) is 0.563. The zero-order valence-corrected chi connectivity index (χ0v) is 17.8. The van der Waals surface area contributed by atoms with E-state index in [9.17, 15) is 18.7 Å². The normalized spacial score (nSPS) is 12.1. The van der Waals surface area contributed by atoms with Gasteiger partial charge >= 0.3 is 0 Å². The van der Waals surface area contributed by atoms with E-state index in [0.29, 0.717) is 22.6 Å². The van der Waals surface area contributed by atoms with Gasteiger partial charge in [0.25, 0.3) is 5.56 Å². The number of nitrogens with zero attached hydrogens (tertiary/aromatic N) is 2. The maximum Gasteiger partial charge on any atom is 0.276 e. The van der Waals surface area contributed by atoms with Crippen molar-refractivity contribution in [1.29, 1.82) is 0 Å². The highest BCUT2D eigenvalue weighted by Gasteiger charge is 2.18. The average Bonchev–Trinajstić information content (AvgIpc) is 2.71. The fraction of sp³-hybridized carbons (Fsp3) is 0.238. The van der Waals surface area contributed by atoms with Gasteiger partial charge in [0, 0.05) is 11.6 Å². The molecule has 2 aromatic carbocycles. The minimum Gasteiger partial charge on any atom is -0.472 e. The van der Waals surface area contributed by atoms with Crippen LogP contribution in [0.3, 0.4) is 0 Å². The van der Waals surface area contributed by atoms with Crippen molar-refractivity contribution in [3.63, 3.8) is 0 Å². The Balaban J connectivity index is 1.94. The molecule has 30 heavy (non-hydrogen) atoms. The van der Waals surface area contributed by atoms with E-state index >= 15 is 0 Å². The number of ether oxygens (including phenoxy) is 1. The van der Waals surface area contributed by atoms with Crippen LogP contribution in [0.15, 0.2) is 45.7 Å². The summed E-state index contributed by atoms with van der Waals surface area (Å²) in [5, 5.41) is 18.9. The zero-order chi connectivity index (χ0) is 22.0. The number of benzene rings is 2. The minimum atomic E-state index is -1.01. The molecule has 0 aliphatic carbocycles. The molecule has 0 saturated carbocycles. The average molecular weight is 481 g/mol. The lowest BCUT2D eigenvalue weighted by Crippen LogP contribution is -2.24. The van der Waals surface area contributed by atoms with Crippen LogP contribution < -0.4 is 10.3 Å². The van der Waals surface area contributed by atoms with Gasteiger partial charge in [-0.05, 0) is 59.1 Å². The van der Waals surface area contributed by atoms with Crippen LogP contribution in [0.2, 0.25) is 0 Å². The number of aromatic nitrogens is 2. The molecule has 0 saturated heterocycles. The Morgan fingerprint density at radius 3 is 2.57 bits per heavy atom. The summed E-state index contributed by atoms with van der Waals surface area (Å²) in [4.78, 5) is 17.2. The van der Waals surface area contributed by atoms with Crippen molar-refractivity contribution in [2.45, 2.75) is 26.6 Å². The van der Waals surface area contributed by atoms with Crippen molar-refractivity contribution in [2.75, 3.05) is 6.61 Å². The predicted molar refractivity (Wildman–Crippen MR) is 110 cm³/mol. The highest BCUT2D eigenvalue weighted by molar-refractivity contribution is 9.10. The van der Waals surface area contributed by atoms with Gasteiger partial charge in [0.2, 0.25) is 5.88 Å². The zero-order valence-electron chi connectivity index (χ0n) is 16.2. The Bertz CT molecular complexity index is 1150. The molecule has 9 heteroatoms. The van der Waals surface area contributed by atoms with Crippen LogP contribution in [-0.4, -0.2) is 26.4 Å². The topological polar surface area (TPSA) is 84.6 Å². The number of hydrogen-bond acceptors (Lipinski definition) is 5. The summed E-state index contributed by atoms with van der Waals surface area (Å²) in [6.45, 7) is 2.75. The van der Waals surface area contributed by atoms with Gasteiger partial charge in [0.1, 0.15) is 34.6 Å². The summed E-state index contributed by atoms with van der Waals surface area (Å²) < 4.78 is 33.8. The van der Waals surface area contributed by atoms with Gasteiger partial charge in [0.15, 0.2) is 0 Å². The summed E-state index contributed by atoms with van der Waals surface area (Å²) in [6, 6.07) is 8.08. The van der Waals surface area contributed by atoms with E-state index in [1.807, 2.05) is 0 Å². The fourth-order valence-electron chi connectivity index (χ4n) is 2.99. The van der Waals surface area contributed by atoms with Crippen LogP contribution in [0.4, 0.5) is 8.78 Å². The van der Waals surface area contributed by atoms with E-state index in [0.717, 1.165) is 12.1 Å². The molecule has 0 aliphatic heterocycles. The lowest BCUT2D eigenvalue weighted by molar-refractivity contribution is 0.0956. The van der Waals surface area contributed by atoms with Crippen molar-refractivity contribution in [1.82, 2.24) is 9.55 Å². The van der Waals surface area contributed by atoms with Crippen molar-refractivity contribution in [3.05, 3.63) is 85.4 Å². The van der Waals surface area contributed by atoms with Crippen molar-refractivity contribution >= 4 is 15.9 Å². The Labute approximate surface area is 179 Å². The van der Waals surface area contributed by atoms with Crippen LogP contribution in [0.1, 0.15) is 28.6 Å². The Kier molecular flexibility index (Phi) is 6.64. The van der Waals surface area contributed by atoms with E-state index in [-0.39, 0.29) is 22.5 Å². The summed E-state index contributed by atoms with van der Waals surface area (Å²) in [6.07, 6.45) is -1.01. The summed E-state index contributed by atoms with van der Waals surface area (Å²) in [5.74, 6) is -1.13. The first kappa shape index (κ1) is 22.1. The maximum absolute atomic E-state index is 13.8. The summed E-state index contributed by atoms with van der Waals surface area (Å²) >= 11 is 3.19. The van der Waals surface area contributed by atoms with Crippen molar-refractivity contribution in [2.24, 2.45) is 0 Å². The third kappa shape index (κ3) is 4.43. The standard InChI is InChI=1S/C21H19BrF2N2O4/c1-11-7-13(18(28)9-27)4-6-17(11)26-12(2)25-20(19(22)21(26)29)30-10-14-3-5-15(23)8-16(14)24/h3-8,18,27-28H,9-10H2,1-2H3. The molecular formula is C21H19BrF2N2O4. The van der Waals surface area contributed by atoms with Crippen LogP contribution in [0.5, 0.6) is 5.88 Å². The van der Waals surface area contributed by atoms with E-state index in [1.54, 1.807) is 32.0 Å². The lowest BCUT2D eigenvalue weighted by Gasteiger charge is -2.17. The van der Waals surface area contributed by atoms with Crippen LogP contribution in [-0.2, 0) is 6.61 Å². The molecule has 0 aliphatic rings. The minimum absolute atomic E-state index is 0.0116. The van der Waals surface area contributed by atoms with Gasteiger partial charge < -0.3 is 14.9 Å². The summed E-state index contributed by atoms with van der Waals surface area (Å²) in [5.41, 5.74) is 1.46. The van der Waals surface area contributed by atoms with Crippen molar-refractivity contribution < 1.29 is 23.7 Å². The Morgan fingerprint density at radius 1 is 1.20 bits per heavy atom. The first-order valence-corrected chi connectivity index (χ1v) is 9.78. The molecule has 0 radical (unpaired) electrons. The highest BCUT2D eigenvalue weighted by Crippen LogP contribution is 2.25. The molecular weight excluding hydrogens is 462 g/mol. The number of aryl methyl sites for hydroxylation is 2. The number of hydrogen-bond donors (Lipinski definition) is 2. The second kappa shape index (κ2) is 9.03. The number of aliphatic hydroxyl groups excluding tert-OH is 2. The Hall–Kier alpha value is -2.62. The van der Waals surface area contributed by atoms with Gasteiger partial charge in [-0.2, -0.15) is 4.98 Å². The highest BCUT2D eigenvalue weighted by atomic mass is 79.9. The number of rotatable bonds is 6. The fourth-order valence-corrected chi connectivity index (χ4v) is 3.37. The second-order valence-corrected chi connectivity index (χ2v) is 7.48. The second-order valence-electron chi connectivity index (χ2n) is 6.69. The van der Waals surface area contributed by atoms with Gasteiger partial charge in [-0.1, -0.05) is 12.1 Å². The van der Waals surface area contributed by atoms with E-state index in [1.165, 1.54) is 10.6 Å². The predicted octanol–water partition coefficient (Wildman–Crippen LogP) is 3.49. The molecule has 0 bridgehead atoms. The molecule has 0 spiro atoms. The third-order valence-corrected chi connectivity index (χ3v) is 5.24. The monoisotopic (exact) mass is 480 g/mol. The lowest BCUT2D eigenvalue weighted by atomic mass is 10.1. The van der Waals surface area contributed by atoms with Gasteiger partial charge in [-0.3, -0.25) is 9.36 Å². The Morgan fingerprint density at radius 2 is 1.93 bits per heavy atom. The smallest absolute Gasteiger partial charge is 0.276 e. The molecule has 1 unspecified atom stereocenters. The SMILES string of the molecule is Cc1cc(C(O)CO)ccc1-n1c(C)nc(OCc2ccc(F)cc2F)c(Br)c1=O. The molecule has 6 nitrogen and oxygen atoms in total. The first-order valence-electron chi connectivity index (χ1n) is 8.98. The first-order chi connectivity index (χ1) is 14.2. The molecule has 1 aromatic heterocycles. The van der Waals surface area contributed by atoms with Crippen LogP contribution in [0, 0.1) is 25.5 Å². The molecule has 1 atom stereocenters. The van der Waals surface area contributed by atoms with Crippen LogP contribution in [0.25, 0.3) is 5.69 Å². The maximum atomic E-state index is 13.8. The van der Waals surface area contributed by atoms with E-state index < -0.39 is 29.9 Å². The van der Waals surface area contributed by atoms with E-state index in [2.05, 4.69) is 20.9 Å². The molecule has 2 N–H and O–H groups in total. The molecule has 3 aromatic rings. The largest absolute Gasteiger partial charge is 0.472 e. The van der Waals surface area contributed by atoms with Crippen LogP contribution >= 0.6 is 15.9 Å². The van der Waals surface area contributed by atoms with Gasteiger partial charge in [0.05, 0.1) is 12.3 Å². The molecule has 158 valence electrons. The summed E-state index contributed by atoms with van der Waals surface area (Å²) in [7, 11) is 0.